The van der Waals surface area contributed by atoms with Crippen molar-refractivity contribution in [2.75, 3.05) is 11.9 Å². The van der Waals surface area contributed by atoms with Crippen LogP contribution >= 0.6 is 35.4 Å². The number of benzene rings is 1. The number of carbonyl (C=O) groups is 1. The fraction of sp³-hybridized carbons (Fsp3) is 0.200. The fourth-order valence-electron chi connectivity index (χ4n) is 1.01. The molecular weight excluding hydrogens is 283 g/mol. The van der Waals surface area contributed by atoms with Crippen molar-refractivity contribution in [3.8, 4) is 0 Å². The quantitative estimate of drug-likeness (QED) is 0.820. The number of carbonyl (C=O) groups excluding carboxylic acids is 1. The van der Waals surface area contributed by atoms with Crippen LogP contribution in [0.15, 0.2) is 18.2 Å². The van der Waals surface area contributed by atoms with E-state index in [1.165, 1.54) is 0 Å². The lowest BCUT2D eigenvalue weighted by atomic mass is 10.3. The number of nitrogens with one attached hydrogen (secondary N) is 2. The second-order valence-electron chi connectivity index (χ2n) is 2.90. The van der Waals surface area contributed by atoms with Crippen molar-refractivity contribution < 1.29 is 9.53 Å². The van der Waals surface area contributed by atoms with Crippen LogP contribution in [-0.2, 0) is 4.74 Å². The molecule has 2 N–H and O–H groups in total. The van der Waals surface area contributed by atoms with Gasteiger partial charge < -0.3 is 10.1 Å². The van der Waals surface area contributed by atoms with E-state index >= 15 is 0 Å². The van der Waals surface area contributed by atoms with Gasteiger partial charge in [0.15, 0.2) is 5.11 Å². The number of hydrogen-bond acceptors (Lipinski definition) is 3. The van der Waals surface area contributed by atoms with E-state index in [4.69, 9.17) is 35.4 Å². The lowest BCUT2D eigenvalue weighted by molar-refractivity contribution is 0.158. The molecule has 1 rings (SSSR count). The summed E-state index contributed by atoms with van der Waals surface area (Å²) in [7, 11) is 0. The van der Waals surface area contributed by atoms with Gasteiger partial charge in [0.1, 0.15) is 0 Å². The molecule has 0 radical (unpaired) electrons. The Bertz CT molecular complexity index is 440. The van der Waals surface area contributed by atoms with E-state index in [0.717, 1.165) is 0 Å². The molecule has 1 aromatic carbocycles. The van der Waals surface area contributed by atoms with Gasteiger partial charge in [-0.05, 0) is 31.3 Å². The molecule has 1 aromatic rings. The molecule has 0 saturated heterocycles. The normalized spacial score (nSPS) is 9.59. The third-order valence-corrected chi connectivity index (χ3v) is 2.71. The third-order valence-electron chi connectivity index (χ3n) is 1.69. The Morgan fingerprint density at radius 2 is 2.18 bits per heavy atom. The molecule has 1 amide bonds. The van der Waals surface area contributed by atoms with E-state index in [9.17, 15) is 4.79 Å². The molecule has 92 valence electrons. The van der Waals surface area contributed by atoms with Crippen LogP contribution in [0.1, 0.15) is 6.92 Å². The average Bonchev–Trinajstić information content (AvgIpc) is 2.25. The molecular formula is C10H10Cl2N2O2S. The standard InChI is InChI=1S/C10H10Cl2N2O2S/c1-2-16-10(15)14-9(17)13-7-5-3-4-6(11)8(7)12/h3-5H,2H2,1H3,(H2,13,14,15,17). The van der Waals surface area contributed by atoms with Crippen LogP contribution in [0.3, 0.4) is 0 Å². The molecule has 17 heavy (non-hydrogen) atoms. The van der Waals surface area contributed by atoms with E-state index in [0.29, 0.717) is 15.7 Å². The highest BCUT2D eigenvalue weighted by Gasteiger charge is 2.08. The molecule has 7 heteroatoms. The molecule has 0 unspecified atom stereocenters. The zero-order valence-corrected chi connectivity index (χ0v) is 11.2. The number of rotatable bonds is 2. The minimum Gasteiger partial charge on any atom is -0.450 e. The number of thiocarbonyl (C=S) groups is 1. The van der Waals surface area contributed by atoms with E-state index in [1.54, 1.807) is 25.1 Å². The Kier molecular flexibility index (Phi) is 5.47. The first-order valence-electron chi connectivity index (χ1n) is 4.73. The minimum atomic E-state index is -0.622. The van der Waals surface area contributed by atoms with Gasteiger partial charge in [-0.3, -0.25) is 5.32 Å². The monoisotopic (exact) mass is 292 g/mol. The molecule has 0 aliphatic heterocycles. The van der Waals surface area contributed by atoms with E-state index in [1.807, 2.05) is 0 Å². The van der Waals surface area contributed by atoms with Crippen LogP contribution in [0.25, 0.3) is 0 Å². The highest BCUT2D eigenvalue weighted by molar-refractivity contribution is 7.80. The van der Waals surface area contributed by atoms with Gasteiger partial charge in [0.2, 0.25) is 0 Å². The van der Waals surface area contributed by atoms with Crippen LogP contribution in [0.2, 0.25) is 10.0 Å². The SMILES string of the molecule is CCOC(=O)NC(=S)Nc1cccc(Cl)c1Cl. The molecule has 0 heterocycles. The maximum absolute atomic E-state index is 11.1. The van der Waals surface area contributed by atoms with Gasteiger partial charge in [0, 0.05) is 0 Å². The van der Waals surface area contributed by atoms with Crippen molar-refractivity contribution in [3.63, 3.8) is 0 Å². The first-order chi connectivity index (χ1) is 8.04. The summed E-state index contributed by atoms with van der Waals surface area (Å²) in [4.78, 5) is 11.1. The Labute approximate surface area is 114 Å². The number of amides is 1. The van der Waals surface area contributed by atoms with Crippen molar-refractivity contribution in [2.24, 2.45) is 0 Å². The van der Waals surface area contributed by atoms with Gasteiger partial charge in [-0.1, -0.05) is 29.3 Å². The van der Waals surface area contributed by atoms with E-state index in [2.05, 4.69) is 15.4 Å². The molecule has 0 fully saturated rings. The van der Waals surface area contributed by atoms with Crippen molar-refractivity contribution in [3.05, 3.63) is 28.2 Å². The lowest BCUT2D eigenvalue weighted by Gasteiger charge is -2.11. The zero-order valence-electron chi connectivity index (χ0n) is 8.92. The Balaban J connectivity index is 2.62. The van der Waals surface area contributed by atoms with E-state index < -0.39 is 6.09 Å². The van der Waals surface area contributed by atoms with Gasteiger partial charge in [-0.2, -0.15) is 0 Å². The maximum Gasteiger partial charge on any atom is 0.413 e. The summed E-state index contributed by atoms with van der Waals surface area (Å²) >= 11 is 16.7. The molecule has 0 spiro atoms. The van der Waals surface area contributed by atoms with E-state index in [-0.39, 0.29) is 11.7 Å². The van der Waals surface area contributed by atoms with Crippen LogP contribution in [-0.4, -0.2) is 17.8 Å². The van der Waals surface area contributed by atoms with Gasteiger partial charge in [-0.25, -0.2) is 4.79 Å². The molecule has 0 aliphatic rings. The predicted octanol–water partition coefficient (Wildman–Crippen LogP) is 3.44. The van der Waals surface area contributed by atoms with Gasteiger partial charge in [0.25, 0.3) is 0 Å². The van der Waals surface area contributed by atoms with Crippen LogP contribution in [0.5, 0.6) is 0 Å². The Morgan fingerprint density at radius 1 is 1.47 bits per heavy atom. The zero-order chi connectivity index (χ0) is 12.8. The summed E-state index contributed by atoms with van der Waals surface area (Å²) in [5.74, 6) is 0. The average molecular weight is 293 g/mol. The summed E-state index contributed by atoms with van der Waals surface area (Å²) in [5, 5.41) is 5.90. The van der Waals surface area contributed by atoms with Crippen molar-refractivity contribution in [1.29, 1.82) is 0 Å². The largest absolute Gasteiger partial charge is 0.450 e. The second kappa shape index (κ2) is 6.64. The van der Waals surface area contributed by atoms with Crippen molar-refractivity contribution in [1.82, 2.24) is 5.32 Å². The summed E-state index contributed by atoms with van der Waals surface area (Å²) in [6, 6.07) is 5.05. The van der Waals surface area contributed by atoms with Gasteiger partial charge in [0.05, 0.1) is 22.3 Å². The van der Waals surface area contributed by atoms with Crippen LogP contribution < -0.4 is 10.6 Å². The highest BCUT2D eigenvalue weighted by Crippen LogP contribution is 2.29. The number of alkyl carbamates (subject to hydrolysis) is 1. The number of halogens is 2. The van der Waals surface area contributed by atoms with Gasteiger partial charge in [-0.15, -0.1) is 0 Å². The molecule has 0 atom stereocenters. The van der Waals surface area contributed by atoms with Crippen LogP contribution in [0.4, 0.5) is 10.5 Å². The summed E-state index contributed by atoms with van der Waals surface area (Å²) in [6.07, 6.45) is -0.622. The first-order valence-corrected chi connectivity index (χ1v) is 5.89. The minimum absolute atomic E-state index is 0.0904. The summed E-state index contributed by atoms with van der Waals surface area (Å²) in [5.41, 5.74) is 0.515. The Morgan fingerprint density at radius 3 is 2.82 bits per heavy atom. The molecule has 0 aromatic heterocycles. The smallest absolute Gasteiger partial charge is 0.413 e. The third kappa shape index (κ3) is 4.38. The second-order valence-corrected chi connectivity index (χ2v) is 4.09. The topological polar surface area (TPSA) is 50.4 Å². The van der Waals surface area contributed by atoms with Crippen LogP contribution in [0, 0.1) is 0 Å². The maximum atomic E-state index is 11.1. The Hall–Kier alpha value is -1.04. The van der Waals surface area contributed by atoms with Crippen molar-refractivity contribution >= 4 is 52.3 Å². The number of ether oxygens (including phenoxy) is 1. The summed E-state index contributed by atoms with van der Waals surface area (Å²) < 4.78 is 4.67. The number of hydrogen-bond donors (Lipinski definition) is 2. The lowest BCUT2D eigenvalue weighted by Crippen LogP contribution is -2.34. The molecule has 4 nitrogen and oxygen atoms in total. The number of anilines is 1. The molecule has 0 aliphatic carbocycles. The predicted molar refractivity (Wildman–Crippen MR) is 72.8 cm³/mol. The van der Waals surface area contributed by atoms with Crippen molar-refractivity contribution in [2.45, 2.75) is 6.92 Å². The highest BCUT2D eigenvalue weighted by atomic mass is 35.5. The first kappa shape index (κ1) is 14.0. The summed E-state index contributed by atoms with van der Waals surface area (Å²) in [6.45, 7) is 1.97. The molecule has 0 saturated carbocycles. The molecule has 0 bridgehead atoms. The van der Waals surface area contributed by atoms with Gasteiger partial charge >= 0.3 is 6.09 Å². The fourth-order valence-corrected chi connectivity index (χ4v) is 1.55.